The number of likely N-dealkylation sites (tertiary alicyclic amines) is 1. The van der Waals surface area contributed by atoms with Gasteiger partial charge in [-0.3, -0.25) is 9.59 Å². The summed E-state index contributed by atoms with van der Waals surface area (Å²) in [6.07, 6.45) is 3.39. The van der Waals surface area contributed by atoms with Gasteiger partial charge in [-0.2, -0.15) is 0 Å². The van der Waals surface area contributed by atoms with Gasteiger partial charge in [0.2, 0.25) is 5.91 Å². The second-order valence-electron chi connectivity index (χ2n) is 5.56. The highest BCUT2D eigenvalue weighted by atomic mass is 35.5. The Kier molecular flexibility index (Phi) is 2.68. The predicted molar refractivity (Wildman–Crippen MR) is 76.1 cm³/mol. The highest BCUT2D eigenvalue weighted by molar-refractivity contribution is 6.30. The van der Waals surface area contributed by atoms with Gasteiger partial charge in [0.25, 0.3) is 5.91 Å². The molecule has 0 spiro atoms. The second-order valence-corrected chi connectivity index (χ2v) is 6.00. The van der Waals surface area contributed by atoms with E-state index in [0.29, 0.717) is 36.0 Å². The molecule has 2 atom stereocenters. The number of pyridine rings is 1. The average Bonchev–Trinajstić information content (AvgIpc) is 3.13. The number of hydrogen-bond donors (Lipinski definition) is 1. The average molecular weight is 305 g/mol. The van der Waals surface area contributed by atoms with E-state index in [9.17, 15) is 9.59 Å². The molecule has 2 aromatic rings. The van der Waals surface area contributed by atoms with Crippen LogP contribution in [0.25, 0.3) is 5.65 Å². The molecule has 2 fully saturated rings. The zero-order chi connectivity index (χ0) is 14.6. The molecular formula is C14H13ClN4O2. The van der Waals surface area contributed by atoms with Crippen LogP contribution in [0.3, 0.4) is 0 Å². The molecule has 0 aromatic carbocycles. The predicted octanol–water partition coefficient (Wildman–Crippen LogP) is 0.806. The lowest BCUT2D eigenvalue weighted by Crippen LogP contribution is -2.33. The molecule has 0 unspecified atom stereocenters. The summed E-state index contributed by atoms with van der Waals surface area (Å²) in [5, 5.41) is 3.43. The van der Waals surface area contributed by atoms with E-state index in [1.54, 1.807) is 33.8 Å². The largest absolute Gasteiger partial charge is 0.355 e. The Morgan fingerprint density at radius 1 is 1.33 bits per heavy atom. The van der Waals surface area contributed by atoms with Crippen molar-refractivity contribution in [2.24, 2.45) is 11.8 Å². The lowest BCUT2D eigenvalue weighted by atomic mass is 10.0. The highest BCUT2D eigenvalue weighted by Crippen LogP contribution is 2.28. The maximum Gasteiger partial charge on any atom is 0.274 e. The number of amides is 2. The van der Waals surface area contributed by atoms with E-state index in [4.69, 9.17) is 11.6 Å². The summed E-state index contributed by atoms with van der Waals surface area (Å²) in [4.78, 5) is 30.2. The van der Waals surface area contributed by atoms with Crippen LogP contribution < -0.4 is 5.32 Å². The van der Waals surface area contributed by atoms with Crippen LogP contribution in [0.2, 0.25) is 5.02 Å². The second kappa shape index (κ2) is 4.46. The first kappa shape index (κ1) is 12.6. The topological polar surface area (TPSA) is 66.7 Å². The number of aromatic nitrogens is 2. The van der Waals surface area contributed by atoms with Crippen molar-refractivity contribution in [1.29, 1.82) is 0 Å². The summed E-state index contributed by atoms with van der Waals surface area (Å²) in [6.45, 7) is 1.74. The van der Waals surface area contributed by atoms with E-state index in [1.807, 2.05) is 0 Å². The molecule has 0 radical (unpaired) electrons. The molecule has 4 heterocycles. The molecule has 2 saturated heterocycles. The third kappa shape index (κ3) is 1.98. The summed E-state index contributed by atoms with van der Waals surface area (Å²) < 4.78 is 1.74. The van der Waals surface area contributed by atoms with Gasteiger partial charge in [-0.15, -0.1) is 0 Å². The normalized spacial score (nSPS) is 24.4. The lowest BCUT2D eigenvalue weighted by Gasteiger charge is -2.15. The van der Waals surface area contributed by atoms with Crippen LogP contribution >= 0.6 is 11.6 Å². The zero-order valence-electron chi connectivity index (χ0n) is 11.1. The van der Waals surface area contributed by atoms with Crippen LogP contribution in [0, 0.1) is 11.8 Å². The number of imidazole rings is 1. The van der Waals surface area contributed by atoms with Gasteiger partial charge in [0.05, 0.1) is 10.9 Å². The maximum absolute atomic E-state index is 12.5. The van der Waals surface area contributed by atoms with E-state index in [-0.39, 0.29) is 23.7 Å². The minimum absolute atomic E-state index is 0.0529. The molecule has 2 aliphatic heterocycles. The number of halogens is 1. The van der Waals surface area contributed by atoms with Crippen molar-refractivity contribution in [2.75, 3.05) is 19.6 Å². The number of carbonyl (C=O) groups excluding carboxylic acids is 2. The summed E-state index contributed by atoms with van der Waals surface area (Å²) in [5.41, 5.74) is 1.07. The SMILES string of the molecule is O=C1NC[C@@H]2CN(C(=O)c3cn4cc(Cl)ccc4n3)C[C@H]12. The van der Waals surface area contributed by atoms with Crippen LogP contribution in [0.4, 0.5) is 0 Å². The third-order valence-electron chi connectivity index (χ3n) is 4.24. The van der Waals surface area contributed by atoms with E-state index < -0.39 is 0 Å². The quantitative estimate of drug-likeness (QED) is 0.847. The first-order chi connectivity index (χ1) is 10.1. The fourth-order valence-corrected chi connectivity index (χ4v) is 3.30. The Bertz CT molecular complexity index is 757. The van der Waals surface area contributed by atoms with Crippen LogP contribution in [0.1, 0.15) is 10.5 Å². The van der Waals surface area contributed by atoms with Gasteiger partial charge >= 0.3 is 0 Å². The molecule has 1 N–H and O–H groups in total. The van der Waals surface area contributed by atoms with Crippen LogP contribution in [0.15, 0.2) is 24.5 Å². The van der Waals surface area contributed by atoms with Gasteiger partial charge in [-0.25, -0.2) is 4.98 Å². The van der Waals surface area contributed by atoms with Gasteiger partial charge in [-0.1, -0.05) is 11.6 Å². The monoisotopic (exact) mass is 304 g/mol. The maximum atomic E-state index is 12.5. The van der Waals surface area contributed by atoms with Gasteiger partial charge in [0, 0.05) is 37.9 Å². The van der Waals surface area contributed by atoms with Gasteiger partial charge < -0.3 is 14.6 Å². The number of rotatable bonds is 1. The Balaban J connectivity index is 1.60. The number of fused-ring (bicyclic) bond motifs is 2. The molecule has 2 amide bonds. The van der Waals surface area contributed by atoms with Crippen molar-refractivity contribution in [3.05, 3.63) is 35.2 Å². The Morgan fingerprint density at radius 2 is 2.19 bits per heavy atom. The molecule has 6 nitrogen and oxygen atoms in total. The fraction of sp³-hybridized carbons (Fsp3) is 0.357. The van der Waals surface area contributed by atoms with Crippen molar-refractivity contribution in [3.63, 3.8) is 0 Å². The molecule has 108 valence electrons. The van der Waals surface area contributed by atoms with Gasteiger partial charge in [0.1, 0.15) is 11.3 Å². The van der Waals surface area contributed by atoms with Crippen molar-refractivity contribution in [2.45, 2.75) is 0 Å². The van der Waals surface area contributed by atoms with Crippen LogP contribution in [0.5, 0.6) is 0 Å². The number of hydrogen-bond acceptors (Lipinski definition) is 3. The number of carbonyl (C=O) groups is 2. The van der Waals surface area contributed by atoms with E-state index in [1.165, 1.54) is 0 Å². The standard InChI is InChI=1S/C14H13ClN4O2/c15-9-1-2-12-17-11(7-18(12)5-9)14(21)19-4-8-3-16-13(20)10(8)6-19/h1-2,5,7-8,10H,3-4,6H2,(H,16,20)/t8-,10+/m1/s1. The minimum atomic E-state index is -0.128. The van der Waals surface area contributed by atoms with Gasteiger partial charge in [-0.05, 0) is 12.1 Å². The Labute approximate surface area is 125 Å². The molecule has 0 saturated carbocycles. The van der Waals surface area contributed by atoms with E-state index in [2.05, 4.69) is 10.3 Å². The number of nitrogens with zero attached hydrogens (tertiary/aromatic N) is 3. The third-order valence-corrected chi connectivity index (χ3v) is 4.46. The van der Waals surface area contributed by atoms with Gasteiger partial charge in [0.15, 0.2) is 0 Å². The van der Waals surface area contributed by atoms with E-state index >= 15 is 0 Å². The molecule has 2 aromatic heterocycles. The molecule has 7 heteroatoms. The molecule has 0 bridgehead atoms. The number of nitrogens with one attached hydrogen (secondary N) is 1. The minimum Gasteiger partial charge on any atom is -0.355 e. The molecule has 2 aliphatic rings. The summed E-state index contributed by atoms with van der Waals surface area (Å²) in [6, 6.07) is 3.51. The van der Waals surface area contributed by atoms with Crippen molar-refractivity contribution in [3.8, 4) is 0 Å². The summed E-state index contributed by atoms with van der Waals surface area (Å²) in [7, 11) is 0. The van der Waals surface area contributed by atoms with Crippen LogP contribution in [-0.4, -0.2) is 45.7 Å². The van der Waals surface area contributed by atoms with E-state index in [0.717, 1.165) is 0 Å². The fourth-order valence-electron chi connectivity index (χ4n) is 3.13. The summed E-state index contributed by atoms with van der Waals surface area (Å²) >= 11 is 5.93. The molecular weight excluding hydrogens is 292 g/mol. The van der Waals surface area contributed by atoms with Crippen molar-refractivity contribution in [1.82, 2.24) is 19.6 Å². The first-order valence-corrected chi connectivity index (χ1v) is 7.21. The highest BCUT2D eigenvalue weighted by Gasteiger charge is 2.43. The van der Waals surface area contributed by atoms with Crippen LogP contribution in [-0.2, 0) is 4.79 Å². The first-order valence-electron chi connectivity index (χ1n) is 6.83. The van der Waals surface area contributed by atoms with Crippen molar-refractivity contribution < 1.29 is 9.59 Å². The Morgan fingerprint density at radius 3 is 3.00 bits per heavy atom. The zero-order valence-corrected chi connectivity index (χ0v) is 11.9. The molecule has 21 heavy (non-hydrogen) atoms. The lowest BCUT2D eigenvalue weighted by molar-refractivity contribution is -0.122. The molecule has 0 aliphatic carbocycles. The smallest absolute Gasteiger partial charge is 0.274 e. The molecule has 4 rings (SSSR count). The summed E-state index contributed by atoms with van der Waals surface area (Å²) in [5.74, 6) is 0.0856. The van der Waals surface area contributed by atoms with Crippen molar-refractivity contribution >= 4 is 29.1 Å². The Hall–Kier alpha value is -2.08.